The van der Waals surface area contributed by atoms with E-state index in [0.717, 1.165) is 0 Å². The Morgan fingerprint density at radius 3 is 1.52 bits per heavy atom. The fourth-order valence-corrected chi connectivity index (χ4v) is 2.57. The minimum Gasteiger partial charge on any atom is -0.386 e. The van der Waals surface area contributed by atoms with Crippen LogP contribution in [-0.2, 0) is 4.74 Å². The number of ether oxygens (including phenoxy) is 1. The van der Waals surface area contributed by atoms with E-state index in [1.54, 1.807) is 50.2 Å². The summed E-state index contributed by atoms with van der Waals surface area (Å²) in [4.78, 5) is 24.2. The first-order valence-electron chi connectivity index (χ1n) is 6.18. The summed E-state index contributed by atoms with van der Waals surface area (Å²) in [7, 11) is 0. The summed E-state index contributed by atoms with van der Waals surface area (Å²) in [5.74, 6) is -1.58. The van der Waals surface area contributed by atoms with Crippen molar-refractivity contribution in [3.8, 4) is 0 Å². The second-order valence-corrected chi connectivity index (χ2v) is 5.35. The quantitative estimate of drug-likeness (QED) is 0.599. The summed E-state index contributed by atoms with van der Waals surface area (Å²) in [5.41, 5.74) is 1.63. The Morgan fingerprint density at radius 1 is 0.810 bits per heavy atom. The lowest BCUT2D eigenvalue weighted by Gasteiger charge is -2.09. The Kier molecular flexibility index (Phi) is 4.66. The van der Waals surface area contributed by atoms with Gasteiger partial charge in [-0.05, 0) is 37.1 Å². The highest BCUT2D eigenvalue weighted by Crippen LogP contribution is 2.23. The number of carbonyl (C=O) groups excluding carboxylic acids is 2. The van der Waals surface area contributed by atoms with Gasteiger partial charge in [0.15, 0.2) is 0 Å². The zero-order chi connectivity index (χ0) is 15.6. The Balaban J connectivity index is 2.30. The molecule has 0 bridgehead atoms. The van der Waals surface area contributed by atoms with Crippen LogP contribution < -0.4 is 0 Å². The molecule has 0 saturated heterocycles. The maximum absolute atomic E-state index is 12.1. The van der Waals surface area contributed by atoms with Crippen molar-refractivity contribution in [2.75, 3.05) is 0 Å². The van der Waals surface area contributed by atoms with Gasteiger partial charge in [0.1, 0.15) is 0 Å². The van der Waals surface area contributed by atoms with E-state index in [2.05, 4.69) is 0 Å². The molecule has 0 aromatic heterocycles. The Labute approximate surface area is 132 Å². The van der Waals surface area contributed by atoms with Gasteiger partial charge >= 0.3 is 11.9 Å². The van der Waals surface area contributed by atoms with Crippen LogP contribution in [0.15, 0.2) is 36.4 Å². The van der Waals surface area contributed by atoms with Crippen LogP contribution in [0.3, 0.4) is 0 Å². The smallest absolute Gasteiger partial charge is 0.347 e. The predicted octanol–water partition coefficient (Wildman–Crippen LogP) is 4.61. The maximum Gasteiger partial charge on any atom is 0.347 e. The molecular formula is C16H12Cl2O3. The third-order valence-electron chi connectivity index (χ3n) is 3.04. The highest BCUT2D eigenvalue weighted by Gasteiger charge is 2.22. The highest BCUT2D eigenvalue weighted by molar-refractivity contribution is 6.35. The number of carbonyl (C=O) groups is 2. The lowest BCUT2D eigenvalue weighted by Crippen LogP contribution is -2.15. The molecule has 0 saturated carbocycles. The molecule has 0 radical (unpaired) electrons. The summed E-state index contributed by atoms with van der Waals surface area (Å²) in [5, 5.41) is 0.479. The lowest BCUT2D eigenvalue weighted by atomic mass is 10.1. The molecular weight excluding hydrogens is 311 g/mol. The fourth-order valence-electron chi connectivity index (χ4n) is 1.97. The van der Waals surface area contributed by atoms with Gasteiger partial charge in [0.2, 0.25) is 0 Å². The van der Waals surface area contributed by atoms with Gasteiger partial charge in [0, 0.05) is 0 Å². The first-order chi connectivity index (χ1) is 9.91. The average molecular weight is 323 g/mol. The summed E-state index contributed by atoms with van der Waals surface area (Å²) in [6.45, 7) is 3.43. The SMILES string of the molecule is Cc1cccc(Cl)c1C(=O)OC(=O)c1c(C)cccc1Cl. The molecule has 0 aliphatic heterocycles. The largest absolute Gasteiger partial charge is 0.386 e. The normalized spacial score (nSPS) is 10.3. The predicted molar refractivity (Wildman–Crippen MR) is 82.1 cm³/mol. The van der Waals surface area contributed by atoms with Crippen molar-refractivity contribution in [3.63, 3.8) is 0 Å². The summed E-state index contributed by atoms with van der Waals surface area (Å²) in [6.07, 6.45) is 0. The molecule has 0 amide bonds. The van der Waals surface area contributed by atoms with Gasteiger partial charge in [-0.1, -0.05) is 47.5 Å². The first kappa shape index (κ1) is 15.5. The molecule has 2 aromatic carbocycles. The third-order valence-corrected chi connectivity index (χ3v) is 3.67. The van der Waals surface area contributed by atoms with Crippen LogP contribution >= 0.6 is 23.2 Å². The Hall–Kier alpha value is -1.84. The van der Waals surface area contributed by atoms with Crippen LogP contribution in [0.25, 0.3) is 0 Å². The van der Waals surface area contributed by atoms with E-state index in [1.165, 1.54) is 0 Å². The second-order valence-electron chi connectivity index (χ2n) is 4.54. The molecule has 108 valence electrons. The van der Waals surface area contributed by atoms with Crippen molar-refractivity contribution in [2.24, 2.45) is 0 Å². The van der Waals surface area contributed by atoms with Gasteiger partial charge in [0.25, 0.3) is 0 Å². The van der Waals surface area contributed by atoms with E-state index < -0.39 is 11.9 Å². The van der Waals surface area contributed by atoms with Gasteiger partial charge in [-0.15, -0.1) is 0 Å². The Morgan fingerprint density at radius 2 is 1.19 bits per heavy atom. The van der Waals surface area contributed by atoms with Crippen molar-refractivity contribution >= 4 is 35.1 Å². The monoisotopic (exact) mass is 322 g/mol. The molecule has 0 fully saturated rings. The van der Waals surface area contributed by atoms with E-state index in [4.69, 9.17) is 27.9 Å². The molecule has 0 unspecified atom stereocenters. The third kappa shape index (κ3) is 3.26. The van der Waals surface area contributed by atoms with Crippen molar-refractivity contribution in [1.82, 2.24) is 0 Å². The molecule has 21 heavy (non-hydrogen) atoms. The first-order valence-corrected chi connectivity index (χ1v) is 6.94. The van der Waals surface area contributed by atoms with E-state index in [-0.39, 0.29) is 21.2 Å². The zero-order valence-corrected chi connectivity index (χ0v) is 13.0. The van der Waals surface area contributed by atoms with Crippen LogP contribution in [0.4, 0.5) is 0 Å². The number of aryl methyl sites for hydroxylation is 2. The average Bonchev–Trinajstić information content (AvgIpc) is 2.38. The van der Waals surface area contributed by atoms with Crippen LogP contribution in [0.1, 0.15) is 31.8 Å². The molecule has 5 heteroatoms. The van der Waals surface area contributed by atoms with Gasteiger partial charge < -0.3 is 4.74 Å². The van der Waals surface area contributed by atoms with Crippen molar-refractivity contribution in [1.29, 1.82) is 0 Å². The number of benzene rings is 2. The molecule has 0 aliphatic carbocycles. The molecule has 2 rings (SSSR count). The highest BCUT2D eigenvalue weighted by atomic mass is 35.5. The van der Waals surface area contributed by atoms with E-state index in [1.807, 2.05) is 0 Å². The fraction of sp³-hybridized carbons (Fsp3) is 0.125. The van der Waals surface area contributed by atoms with E-state index in [0.29, 0.717) is 11.1 Å². The maximum atomic E-state index is 12.1. The molecule has 0 aliphatic rings. The second kappa shape index (κ2) is 6.29. The van der Waals surface area contributed by atoms with Gasteiger partial charge in [-0.2, -0.15) is 0 Å². The van der Waals surface area contributed by atoms with Crippen molar-refractivity contribution in [3.05, 3.63) is 68.7 Å². The van der Waals surface area contributed by atoms with Crippen molar-refractivity contribution in [2.45, 2.75) is 13.8 Å². The molecule has 2 aromatic rings. The number of halogens is 2. The Bertz CT molecular complexity index is 621. The van der Waals surface area contributed by atoms with Crippen LogP contribution in [0.5, 0.6) is 0 Å². The van der Waals surface area contributed by atoms with Crippen LogP contribution in [0.2, 0.25) is 10.0 Å². The molecule has 0 spiro atoms. The summed E-state index contributed by atoms with van der Waals surface area (Å²) in [6, 6.07) is 10.00. The molecule has 3 nitrogen and oxygen atoms in total. The number of rotatable bonds is 2. The van der Waals surface area contributed by atoms with Gasteiger partial charge in [-0.25, -0.2) is 9.59 Å². The molecule has 0 heterocycles. The minimum atomic E-state index is -0.789. The number of esters is 2. The van der Waals surface area contributed by atoms with Crippen LogP contribution in [0, 0.1) is 13.8 Å². The summed E-state index contributed by atoms with van der Waals surface area (Å²) >= 11 is 12.0. The molecule has 0 atom stereocenters. The van der Waals surface area contributed by atoms with E-state index in [9.17, 15) is 9.59 Å². The topological polar surface area (TPSA) is 43.4 Å². The van der Waals surface area contributed by atoms with Crippen molar-refractivity contribution < 1.29 is 14.3 Å². The van der Waals surface area contributed by atoms with E-state index >= 15 is 0 Å². The lowest BCUT2D eigenvalue weighted by molar-refractivity contribution is 0.0397. The zero-order valence-electron chi connectivity index (χ0n) is 11.4. The summed E-state index contributed by atoms with van der Waals surface area (Å²) < 4.78 is 4.90. The number of hydrogen-bond acceptors (Lipinski definition) is 3. The van der Waals surface area contributed by atoms with Crippen LogP contribution in [-0.4, -0.2) is 11.9 Å². The number of hydrogen-bond donors (Lipinski definition) is 0. The van der Waals surface area contributed by atoms with Gasteiger partial charge in [0.05, 0.1) is 21.2 Å². The molecule has 0 N–H and O–H groups in total. The standard InChI is InChI=1S/C16H12Cl2O3/c1-9-5-3-7-11(17)13(9)15(19)21-16(20)14-10(2)6-4-8-12(14)18/h3-8H,1-2H3. The minimum absolute atomic E-state index is 0.178. The van der Waals surface area contributed by atoms with Gasteiger partial charge in [-0.3, -0.25) is 0 Å².